The molecule has 0 unspecified atom stereocenters. The standard InChI is InChI=1S/C20H22N4OS/c1-4-19(26-6-3)18(25)14-20-22-12-11-17(24(20)23-5-2)15-9-7-8-10-16(21)13-15/h4-7,9-14H,3,8,21H2,1-2H3/b19-4-,20-14+,23-5-. The van der Waals surface area contributed by atoms with E-state index in [0.717, 1.165) is 17.7 Å². The van der Waals surface area contributed by atoms with Crippen LogP contribution in [-0.2, 0) is 4.79 Å². The predicted molar refractivity (Wildman–Crippen MR) is 111 cm³/mol. The first-order valence-electron chi connectivity index (χ1n) is 8.18. The quantitative estimate of drug-likeness (QED) is 0.565. The summed E-state index contributed by atoms with van der Waals surface area (Å²) >= 11 is 1.28. The topological polar surface area (TPSA) is 71.1 Å². The van der Waals surface area contributed by atoms with Crippen LogP contribution in [0.2, 0.25) is 0 Å². The molecule has 1 aliphatic heterocycles. The lowest BCUT2D eigenvalue weighted by atomic mass is 10.1. The molecule has 134 valence electrons. The van der Waals surface area contributed by atoms with Gasteiger partial charge in [0.15, 0.2) is 11.6 Å². The smallest absolute Gasteiger partial charge is 0.195 e. The van der Waals surface area contributed by atoms with Crippen LogP contribution in [0.1, 0.15) is 20.3 Å². The van der Waals surface area contributed by atoms with Crippen LogP contribution in [0.15, 0.2) is 92.3 Å². The Kier molecular flexibility index (Phi) is 7.17. The van der Waals surface area contributed by atoms with Gasteiger partial charge in [0.1, 0.15) is 0 Å². The summed E-state index contributed by atoms with van der Waals surface area (Å²) in [7, 11) is 0. The van der Waals surface area contributed by atoms with Crippen LogP contribution >= 0.6 is 11.8 Å². The minimum Gasteiger partial charge on any atom is -0.399 e. The van der Waals surface area contributed by atoms with E-state index in [-0.39, 0.29) is 5.78 Å². The van der Waals surface area contributed by atoms with Gasteiger partial charge in [0.05, 0.1) is 10.6 Å². The summed E-state index contributed by atoms with van der Waals surface area (Å²) in [6.07, 6.45) is 17.0. The number of allylic oxidation sites excluding steroid dienone is 8. The average Bonchev–Trinajstić information content (AvgIpc) is 2.85. The van der Waals surface area contributed by atoms with Crippen molar-refractivity contribution in [2.45, 2.75) is 20.3 Å². The molecule has 0 aromatic heterocycles. The molecule has 1 aliphatic carbocycles. The minimum atomic E-state index is -0.146. The van der Waals surface area contributed by atoms with Crippen molar-refractivity contribution >= 4 is 30.0 Å². The molecule has 0 saturated heterocycles. The van der Waals surface area contributed by atoms with Crippen LogP contribution in [0.4, 0.5) is 0 Å². The molecule has 0 fully saturated rings. The van der Waals surface area contributed by atoms with Gasteiger partial charge in [-0.1, -0.05) is 42.6 Å². The Morgan fingerprint density at radius 1 is 1.46 bits per heavy atom. The molecule has 2 N–H and O–H groups in total. The molecule has 0 bridgehead atoms. The van der Waals surface area contributed by atoms with E-state index < -0.39 is 0 Å². The van der Waals surface area contributed by atoms with Crippen molar-refractivity contribution in [3.63, 3.8) is 0 Å². The molecule has 2 aliphatic rings. The molecule has 0 saturated carbocycles. The fraction of sp³-hybridized carbons (Fsp3) is 0.150. The highest BCUT2D eigenvalue weighted by Crippen LogP contribution is 2.28. The highest BCUT2D eigenvalue weighted by molar-refractivity contribution is 8.06. The number of aliphatic imine (C=N–C) groups is 1. The second-order valence-electron chi connectivity index (χ2n) is 5.26. The lowest BCUT2D eigenvalue weighted by Crippen LogP contribution is -2.21. The van der Waals surface area contributed by atoms with Gasteiger partial charge < -0.3 is 5.73 Å². The highest BCUT2D eigenvalue weighted by atomic mass is 32.2. The zero-order valence-electron chi connectivity index (χ0n) is 14.9. The van der Waals surface area contributed by atoms with Crippen molar-refractivity contribution in [2.24, 2.45) is 15.8 Å². The van der Waals surface area contributed by atoms with E-state index in [2.05, 4.69) is 16.7 Å². The monoisotopic (exact) mass is 366 g/mol. The first-order valence-corrected chi connectivity index (χ1v) is 9.06. The molecular weight excluding hydrogens is 344 g/mol. The van der Waals surface area contributed by atoms with Crippen molar-refractivity contribution in [1.82, 2.24) is 5.01 Å². The molecular formula is C20H22N4OS. The molecule has 0 spiro atoms. The number of hydrazone groups is 1. The first-order chi connectivity index (χ1) is 12.6. The second-order valence-corrected chi connectivity index (χ2v) is 6.27. The largest absolute Gasteiger partial charge is 0.399 e. The SMILES string of the molecule is C=CS/C(=C\C)C(=O)/C=C1\N=CC=C(C2=CC(N)=CCC=C2)N1/N=C\C. The van der Waals surface area contributed by atoms with Crippen molar-refractivity contribution in [3.8, 4) is 0 Å². The van der Waals surface area contributed by atoms with Gasteiger partial charge in [-0.25, -0.2) is 10.0 Å². The van der Waals surface area contributed by atoms with Crippen LogP contribution < -0.4 is 5.73 Å². The van der Waals surface area contributed by atoms with Crippen LogP contribution in [0.5, 0.6) is 0 Å². The van der Waals surface area contributed by atoms with E-state index in [1.54, 1.807) is 28.9 Å². The maximum Gasteiger partial charge on any atom is 0.195 e. The Balaban J connectivity index is 2.42. The molecule has 2 rings (SSSR count). The van der Waals surface area contributed by atoms with Gasteiger partial charge >= 0.3 is 0 Å². The van der Waals surface area contributed by atoms with Crippen molar-refractivity contribution in [3.05, 3.63) is 82.2 Å². The second kappa shape index (κ2) is 9.58. The number of rotatable bonds is 6. The summed E-state index contributed by atoms with van der Waals surface area (Å²) in [6.45, 7) is 7.28. The van der Waals surface area contributed by atoms with Gasteiger partial charge in [-0.3, -0.25) is 4.79 Å². The van der Waals surface area contributed by atoms with Crippen LogP contribution in [-0.4, -0.2) is 23.2 Å². The zero-order valence-corrected chi connectivity index (χ0v) is 15.7. The van der Waals surface area contributed by atoms with E-state index >= 15 is 0 Å². The lowest BCUT2D eigenvalue weighted by molar-refractivity contribution is -0.110. The summed E-state index contributed by atoms with van der Waals surface area (Å²) < 4.78 is 0. The maximum atomic E-state index is 12.5. The molecule has 0 aromatic rings. The molecule has 0 amide bonds. The van der Waals surface area contributed by atoms with Crippen molar-refractivity contribution in [2.75, 3.05) is 0 Å². The number of carbonyl (C=O) groups is 1. The summed E-state index contributed by atoms with van der Waals surface area (Å²) in [5.74, 6) is 0.294. The van der Waals surface area contributed by atoms with Crippen molar-refractivity contribution in [1.29, 1.82) is 0 Å². The molecule has 1 heterocycles. The van der Waals surface area contributed by atoms with Gasteiger partial charge in [-0.05, 0) is 37.8 Å². The van der Waals surface area contributed by atoms with Gasteiger partial charge in [-0.2, -0.15) is 5.10 Å². The molecule has 6 heteroatoms. The summed E-state index contributed by atoms with van der Waals surface area (Å²) in [5.41, 5.74) is 8.38. The third-order valence-electron chi connectivity index (χ3n) is 3.50. The van der Waals surface area contributed by atoms with E-state index in [9.17, 15) is 4.79 Å². The average molecular weight is 366 g/mol. The first kappa shape index (κ1) is 19.5. The molecule has 5 nitrogen and oxygen atoms in total. The van der Waals surface area contributed by atoms with Gasteiger partial charge in [-0.15, -0.1) is 0 Å². The Morgan fingerprint density at radius 3 is 2.96 bits per heavy atom. The summed E-state index contributed by atoms with van der Waals surface area (Å²) in [6, 6.07) is 0. The summed E-state index contributed by atoms with van der Waals surface area (Å²) in [4.78, 5) is 17.4. The van der Waals surface area contributed by atoms with Crippen LogP contribution in [0, 0.1) is 0 Å². The number of hydrogen-bond acceptors (Lipinski definition) is 6. The Hall–Kier alpha value is -2.86. The number of ketones is 1. The van der Waals surface area contributed by atoms with Crippen LogP contribution in [0.25, 0.3) is 0 Å². The Bertz CT molecular complexity index is 823. The van der Waals surface area contributed by atoms with Crippen molar-refractivity contribution < 1.29 is 4.79 Å². The Labute approximate surface area is 158 Å². The Morgan fingerprint density at radius 2 is 2.27 bits per heavy atom. The van der Waals surface area contributed by atoms with E-state index in [1.165, 1.54) is 17.8 Å². The van der Waals surface area contributed by atoms with Crippen LogP contribution in [0.3, 0.4) is 0 Å². The third kappa shape index (κ3) is 4.83. The van der Waals surface area contributed by atoms with Gasteiger partial charge in [0.2, 0.25) is 0 Å². The number of nitrogens with two attached hydrogens (primary N) is 1. The third-order valence-corrected chi connectivity index (χ3v) is 4.35. The van der Waals surface area contributed by atoms with E-state index in [4.69, 9.17) is 5.73 Å². The fourth-order valence-corrected chi connectivity index (χ4v) is 2.87. The number of carbonyl (C=O) groups excluding carboxylic acids is 1. The molecule has 0 radical (unpaired) electrons. The fourth-order valence-electron chi connectivity index (χ4n) is 2.38. The maximum absolute atomic E-state index is 12.5. The molecule has 26 heavy (non-hydrogen) atoms. The zero-order chi connectivity index (χ0) is 18.9. The lowest BCUT2D eigenvalue weighted by Gasteiger charge is -2.25. The highest BCUT2D eigenvalue weighted by Gasteiger charge is 2.20. The van der Waals surface area contributed by atoms with Gasteiger partial charge in [0, 0.05) is 29.8 Å². The van der Waals surface area contributed by atoms with E-state index in [1.807, 2.05) is 44.2 Å². The number of hydrogen-bond donors (Lipinski definition) is 1. The molecule has 0 aromatic carbocycles. The minimum absolute atomic E-state index is 0.146. The van der Waals surface area contributed by atoms with E-state index in [0.29, 0.717) is 16.4 Å². The van der Waals surface area contributed by atoms with Gasteiger partial charge in [0.25, 0.3) is 0 Å². The predicted octanol–water partition coefficient (Wildman–Crippen LogP) is 4.18. The normalized spacial score (nSPS) is 19.3. The number of thioether (sulfide) groups is 1. The number of nitrogens with zero attached hydrogens (tertiary/aromatic N) is 3. The summed E-state index contributed by atoms with van der Waals surface area (Å²) in [5, 5.41) is 7.65. The molecule has 0 atom stereocenters.